The Hall–Kier alpha value is -1.53. The molecule has 0 fully saturated rings. The van der Waals surface area contributed by atoms with Gasteiger partial charge in [0.15, 0.2) is 0 Å². The quantitative estimate of drug-likeness (QED) is 0.889. The van der Waals surface area contributed by atoms with Crippen molar-refractivity contribution in [3.63, 3.8) is 0 Å². The van der Waals surface area contributed by atoms with E-state index in [4.69, 9.17) is 4.74 Å². The van der Waals surface area contributed by atoms with Gasteiger partial charge in [-0.25, -0.2) is 8.42 Å². The van der Waals surface area contributed by atoms with Crippen molar-refractivity contribution >= 4 is 31.6 Å². The Morgan fingerprint density at radius 2 is 1.76 bits per heavy atom. The van der Waals surface area contributed by atoms with Crippen LogP contribution >= 0.6 is 15.9 Å². The molecule has 0 spiro atoms. The van der Waals surface area contributed by atoms with Crippen molar-refractivity contribution in [2.75, 3.05) is 11.8 Å². The number of nitrogens with one attached hydrogen (secondary N) is 1. The second-order valence-corrected chi connectivity index (χ2v) is 7.24. The van der Waals surface area contributed by atoms with Gasteiger partial charge in [0.1, 0.15) is 5.75 Å². The van der Waals surface area contributed by atoms with E-state index < -0.39 is 10.0 Å². The monoisotopic (exact) mass is 369 g/mol. The van der Waals surface area contributed by atoms with E-state index in [9.17, 15) is 8.42 Å². The summed E-state index contributed by atoms with van der Waals surface area (Å²) in [6.07, 6.45) is 0. The summed E-state index contributed by atoms with van der Waals surface area (Å²) in [4.78, 5) is 0.259. The van der Waals surface area contributed by atoms with E-state index in [1.54, 1.807) is 37.3 Å². The van der Waals surface area contributed by atoms with Crippen LogP contribution in [0.4, 0.5) is 5.69 Å². The van der Waals surface area contributed by atoms with Crippen LogP contribution in [0.15, 0.2) is 45.8 Å². The van der Waals surface area contributed by atoms with Gasteiger partial charge in [0.05, 0.1) is 17.7 Å². The lowest BCUT2D eigenvalue weighted by atomic mass is 10.2. The lowest BCUT2D eigenvalue weighted by Crippen LogP contribution is -2.15. The molecule has 2 aromatic carbocycles. The predicted molar refractivity (Wildman–Crippen MR) is 87.4 cm³/mol. The van der Waals surface area contributed by atoms with Crippen LogP contribution in [-0.2, 0) is 10.0 Å². The van der Waals surface area contributed by atoms with Crippen LogP contribution in [0.5, 0.6) is 5.75 Å². The summed E-state index contributed by atoms with van der Waals surface area (Å²) in [5, 5.41) is 0. The molecule has 0 radical (unpaired) electrons. The molecule has 2 rings (SSSR count). The largest absolute Gasteiger partial charge is 0.495 e. The zero-order valence-corrected chi connectivity index (χ0v) is 14.4. The van der Waals surface area contributed by atoms with E-state index in [0.717, 1.165) is 10.0 Å². The lowest BCUT2D eigenvalue weighted by molar-refractivity contribution is 0.416. The highest BCUT2D eigenvalue weighted by Crippen LogP contribution is 2.34. The number of hydrogen-bond donors (Lipinski definition) is 1. The average Bonchev–Trinajstić information content (AvgIpc) is 2.41. The first-order valence-corrected chi connectivity index (χ1v) is 8.55. The number of sulfonamides is 1. The minimum absolute atomic E-state index is 0.259. The number of rotatable bonds is 4. The molecule has 112 valence electrons. The number of ether oxygens (including phenoxy) is 1. The molecule has 0 heterocycles. The second-order valence-electron chi connectivity index (χ2n) is 4.67. The fourth-order valence-corrected chi connectivity index (χ4v) is 3.99. The molecule has 0 saturated carbocycles. The first-order valence-electron chi connectivity index (χ1n) is 6.27. The SMILES string of the molecule is COc1cc(Br)cc(C)c1NS(=O)(=O)c1ccccc1C. The van der Waals surface area contributed by atoms with Crippen molar-refractivity contribution in [3.05, 3.63) is 52.0 Å². The van der Waals surface area contributed by atoms with Crippen molar-refractivity contribution in [3.8, 4) is 5.75 Å². The van der Waals surface area contributed by atoms with E-state index in [-0.39, 0.29) is 4.90 Å². The van der Waals surface area contributed by atoms with Crippen LogP contribution < -0.4 is 9.46 Å². The van der Waals surface area contributed by atoms with Crippen LogP contribution in [0.2, 0.25) is 0 Å². The Labute approximate surface area is 133 Å². The maximum absolute atomic E-state index is 12.5. The molecule has 0 amide bonds. The Kier molecular flexibility index (Phi) is 4.58. The third-order valence-electron chi connectivity index (χ3n) is 3.10. The summed E-state index contributed by atoms with van der Waals surface area (Å²) in [5.74, 6) is 0.471. The summed E-state index contributed by atoms with van der Waals surface area (Å²) in [5.41, 5.74) is 1.92. The normalized spacial score (nSPS) is 11.2. The molecule has 0 saturated heterocycles. The Morgan fingerprint density at radius 1 is 1.10 bits per heavy atom. The molecule has 6 heteroatoms. The summed E-state index contributed by atoms with van der Waals surface area (Å²) < 4.78 is 33.8. The topological polar surface area (TPSA) is 55.4 Å². The molecule has 2 aromatic rings. The summed E-state index contributed by atoms with van der Waals surface area (Å²) in [6, 6.07) is 10.4. The lowest BCUT2D eigenvalue weighted by Gasteiger charge is -2.15. The van der Waals surface area contributed by atoms with Gasteiger partial charge in [-0.15, -0.1) is 0 Å². The van der Waals surface area contributed by atoms with Crippen molar-refractivity contribution in [1.29, 1.82) is 0 Å². The van der Waals surface area contributed by atoms with Crippen LogP contribution in [0.1, 0.15) is 11.1 Å². The van der Waals surface area contributed by atoms with Gasteiger partial charge in [-0.1, -0.05) is 34.1 Å². The zero-order chi connectivity index (χ0) is 15.6. The molecular formula is C15H16BrNO3S. The van der Waals surface area contributed by atoms with Gasteiger partial charge in [0, 0.05) is 4.47 Å². The minimum atomic E-state index is -3.66. The van der Waals surface area contributed by atoms with Gasteiger partial charge in [-0.2, -0.15) is 0 Å². The number of hydrogen-bond acceptors (Lipinski definition) is 3. The number of aryl methyl sites for hydroxylation is 2. The molecule has 0 unspecified atom stereocenters. The molecule has 0 bridgehead atoms. The molecule has 1 N–H and O–H groups in total. The standard InChI is InChI=1S/C15H16BrNO3S/c1-10-6-4-5-7-14(10)21(18,19)17-15-11(2)8-12(16)9-13(15)20-3/h4-9,17H,1-3H3. The van der Waals surface area contributed by atoms with Gasteiger partial charge in [-0.05, 0) is 43.2 Å². The fraction of sp³-hybridized carbons (Fsp3) is 0.200. The van der Waals surface area contributed by atoms with E-state index in [1.807, 2.05) is 13.0 Å². The highest BCUT2D eigenvalue weighted by atomic mass is 79.9. The van der Waals surface area contributed by atoms with Crippen molar-refractivity contribution in [2.45, 2.75) is 18.7 Å². The Balaban J connectivity index is 2.50. The van der Waals surface area contributed by atoms with Crippen molar-refractivity contribution in [2.24, 2.45) is 0 Å². The smallest absolute Gasteiger partial charge is 0.262 e. The average molecular weight is 370 g/mol. The molecule has 0 aliphatic carbocycles. The highest BCUT2D eigenvalue weighted by molar-refractivity contribution is 9.10. The van der Waals surface area contributed by atoms with E-state index in [0.29, 0.717) is 17.0 Å². The van der Waals surface area contributed by atoms with Gasteiger partial charge in [0.2, 0.25) is 0 Å². The van der Waals surface area contributed by atoms with Crippen LogP contribution in [0.25, 0.3) is 0 Å². The number of anilines is 1. The maximum Gasteiger partial charge on any atom is 0.262 e. The molecule has 4 nitrogen and oxygen atoms in total. The van der Waals surface area contributed by atoms with Gasteiger partial charge in [0.25, 0.3) is 10.0 Å². The summed E-state index contributed by atoms with van der Waals surface area (Å²) in [7, 11) is -2.15. The van der Waals surface area contributed by atoms with Gasteiger partial charge < -0.3 is 4.74 Å². The molecule has 0 aromatic heterocycles. The maximum atomic E-state index is 12.5. The second kappa shape index (κ2) is 6.07. The van der Waals surface area contributed by atoms with E-state index >= 15 is 0 Å². The first kappa shape index (κ1) is 15.9. The molecule has 0 aliphatic heterocycles. The molecular weight excluding hydrogens is 354 g/mol. The third-order valence-corrected chi connectivity index (χ3v) is 5.07. The zero-order valence-electron chi connectivity index (χ0n) is 12.0. The van der Waals surface area contributed by atoms with Crippen LogP contribution in [0, 0.1) is 13.8 Å². The summed E-state index contributed by atoms with van der Waals surface area (Å²) in [6.45, 7) is 3.59. The van der Waals surface area contributed by atoms with Crippen molar-refractivity contribution < 1.29 is 13.2 Å². The molecule has 21 heavy (non-hydrogen) atoms. The number of halogens is 1. The van der Waals surface area contributed by atoms with Gasteiger partial charge in [-0.3, -0.25) is 4.72 Å². The Morgan fingerprint density at radius 3 is 2.38 bits per heavy atom. The van der Waals surface area contributed by atoms with Crippen LogP contribution in [-0.4, -0.2) is 15.5 Å². The number of benzene rings is 2. The highest BCUT2D eigenvalue weighted by Gasteiger charge is 2.20. The fourth-order valence-electron chi connectivity index (χ4n) is 2.05. The molecule has 0 aliphatic rings. The van der Waals surface area contributed by atoms with Crippen LogP contribution in [0.3, 0.4) is 0 Å². The molecule has 0 atom stereocenters. The van der Waals surface area contributed by atoms with E-state index in [1.165, 1.54) is 7.11 Å². The number of methoxy groups -OCH3 is 1. The van der Waals surface area contributed by atoms with Crippen molar-refractivity contribution in [1.82, 2.24) is 0 Å². The minimum Gasteiger partial charge on any atom is -0.495 e. The Bertz CT molecular complexity index is 772. The third kappa shape index (κ3) is 3.39. The van der Waals surface area contributed by atoms with Gasteiger partial charge >= 0.3 is 0 Å². The first-order chi connectivity index (χ1) is 9.85. The summed E-state index contributed by atoms with van der Waals surface area (Å²) >= 11 is 3.37. The van der Waals surface area contributed by atoms with E-state index in [2.05, 4.69) is 20.7 Å². The predicted octanol–water partition coefficient (Wildman–Crippen LogP) is 3.88.